The largest absolute Gasteiger partial charge is 0.484 e. The van der Waals surface area contributed by atoms with Crippen molar-refractivity contribution in [3.8, 4) is 5.75 Å². The molecule has 1 fully saturated rings. The Morgan fingerprint density at radius 2 is 2.14 bits per heavy atom. The van der Waals surface area contributed by atoms with E-state index in [1.54, 1.807) is 23.9 Å². The Labute approximate surface area is 175 Å². The van der Waals surface area contributed by atoms with Gasteiger partial charge in [-0.25, -0.2) is 0 Å². The predicted molar refractivity (Wildman–Crippen MR) is 112 cm³/mol. The van der Waals surface area contributed by atoms with Crippen molar-refractivity contribution in [3.63, 3.8) is 0 Å². The molecule has 6 nitrogen and oxygen atoms in total. The molecule has 0 spiro atoms. The molecule has 28 heavy (non-hydrogen) atoms. The number of carbonyl (C=O) groups is 1. The maximum absolute atomic E-state index is 12.0. The first-order valence-electron chi connectivity index (χ1n) is 9.72. The number of amides is 1. The highest BCUT2D eigenvalue weighted by atomic mass is 35.5. The van der Waals surface area contributed by atoms with Gasteiger partial charge in [0.25, 0.3) is 5.91 Å². The topological polar surface area (TPSA) is 69.0 Å². The van der Waals surface area contributed by atoms with Crippen LogP contribution in [0.15, 0.2) is 23.4 Å². The van der Waals surface area contributed by atoms with E-state index in [0.717, 1.165) is 29.4 Å². The molecule has 0 unspecified atom stereocenters. The van der Waals surface area contributed by atoms with Gasteiger partial charge in [-0.3, -0.25) is 4.79 Å². The molecule has 0 radical (unpaired) electrons. The van der Waals surface area contributed by atoms with Crippen molar-refractivity contribution < 1.29 is 9.53 Å². The first-order chi connectivity index (χ1) is 13.6. The van der Waals surface area contributed by atoms with E-state index < -0.39 is 0 Å². The van der Waals surface area contributed by atoms with Gasteiger partial charge in [0.05, 0.1) is 0 Å². The fourth-order valence-electron chi connectivity index (χ4n) is 3.53. The van der Waals surface area contributed by atoms with Gasteiger partial charge in [-0.2, -0.15) is 0 Å². The van der Waals surface area contributed by atoms with E-state index in [9.17, 15) is 4.79 Å². The molecule has 0 aliphatic heterocycles. The Balaban J connectivity index is 1.42. The number of carbonyl (C=O) groups excluding carboxylic acids is 1. The van der Waals surface area contributed by atoms with Crippen LogP contribution in [0.2, 0.25) is 5.02 Å². The molecule has 1 aromatic carbocycles. The lowest BCUT2D eigenvalue weighted by atomic mass is 10.2. The summed E-state index contributed by atoms with van der Waals surface area (Å²) in [4.78, 5) is 12.0. The van der Waals surface area contributed by atoms with Crippen LogP contribution in [0.3, 0.4) is 0 Å². The van der Waals surface area contributed by atoms with E-state index in [1.807, 2.05) is 19.2 Å². The van der Waals surface area contributed by atoms with Crippen molar-refractivity contribution >= 4 is 29.3 Å². The molecular formula is C20H27ClN4O2S. The van der Waals surface area contributed by atoms with Crippen LogP contribution in [-0.2, 0) is 11.2 Å². The molecule has 0 atom stereocenters. The maximum atomic E-state index is 12.0. The molecule has 1 aliphatic rings. The number of rotatable bonds is 9. The van der Waals surface area contributed by atoms with Gasteiger partial charge in [-0.15, -0.1) is 10.2 Å². The lowest BCUT2D eigenvalue weighted by Crippen LogP contribution is -2.30. The number of nitrogens with zero attached hydrogens (tertiary/aromatic N) is 3. The number of thioether (sulfide) groups is 1. The summed E-state index contributed by atoms with van der Waals surface area (Å²) >= 11 is 7.64. The summed E-state index contributed by atoms with van der Waals surface area (Å²) in [5.41, 5.74) is 0.926. The van der Waals surface area contributed by atoms with Crippen LogP contribution >= 0.6 is 23.4 Å². The van der Waals surface area contributed by atoms with Crippen LogP contribution in [0.5, 0.6) is 5.75 Å². The summed E-state index contributed by atoms with van der Waals surface area (Å²) in [5.74, 6) is 1.54. The first-order valence-corrected chi connectivity index (χ1v) is 11.3. The van der Waals surface area contributed by atoms with Gasteiger partial charge in [0.1, 0.15) is 11.6 Å². The molecule has 8 heteroatoms. The van der Waals surface area contributed by atoms with E-state index in [-0.39, 0.29) is 12.5 Å². The molecule has 1 aliphatic carbocycles. The van der Waals surface area contributed by atoms with Crippen LogP contribution in [-0.4, -0.2) is 40.1 Å². The smallest absolute Gasteiger partial charge is 0.257 e. The molecule has 2 aromatic rings. The molecule has 1 N–H and O–H groups in total. The number of aromatic nitrogens is 3. The van der Waals surface area contributed by atoms with Crippen LogP contribution in [0.1, 0.15) is 49.5 Å². The quantitative estimate of drug-likeness (QED) is 0.484. The number of ether oxygens (including phenoxy) is 1. The zero-order valence-electron chi connectivity index (χ0n) is 16.4. The number of hydrogen-bond donors (Lipinski definition) is 1. The Morgan fingerprint density at radius 3 is 2.86 bits per heavy atom. The molecule has 1 saturated carbocycles. The second kappa shape index (κ2) is 10.2. The van der Waals surface area contributed by atoms with Crippen LogP contribution in [0.25, 0.3) is 0 Å². The number of benzene rings is 1. The molecule has 1 amide bonds. The summed E-state index contributed by atoms with van der Waals surface area (Å²) in [5, 5.41) is 13.3. The SMILES string of the molecule is CSc1nnc(CCCNC(=O)COc2ccc(Cl)c(C)c2)n1C1CCCC1. The van der Waals surface area contributed by atoms with Crippen molar-refractivity contribution in [1.29, 1.82) is 0 Å². The van der Waals surface area contributed by atoms with Gasteiger partial charge in [0.2, 0.25) is 0 Å². The minimum atomic E-state index is -0.130. The Kier molecular flexibility index (Phi) is 7.62. The molecule has 0 saturated heterocycles. The van der Waals surface area contributed by atoms with Crippen molar-refractivity contribution in [2.45, 2.75) is 56.6 Å². The Hall–Kier alpha value is -1.73. The fraction of sp³-hybridized carbons (Fsp3) is 0.550. The van der Waals surface area contributed by atoms with E-state index in [4.69, 9.17) is 16.3 Å². The second-order valence-corrected chi connectivity index (χ2v) is 8.24. The van der Waals surface area contributed by atoms with E-state index >= 15 is 0 Å². The standard InChI is InChI=1S/C20H27ClN4O2S/c1-14-12-16(9-10-17(14)21)27-13-19(26)22-11-5-8-18-23-24-20(28-2)25(18)15-6-3-4-7-15/h9-10,12,15H,3-8,11,13H2,1-2H3,(H,22,26). The fourth-order valence-corrected chi connectivity index (χ4v) is 4.22. The molecular weight excluding hydrogens is 396 g/mol. The van der Waals surface area contributed by atoms with Gasteiger partial charge >= 0.3 is 0 Å². The number of nitrogens with one attached hydrogen (secondary N) is 1. The van der Waals surface area contributed by atoms with Crippen molar-refractivity contribution in [2.75, 3.05) is 19.4 Å². The summed E-state index contributed by atoms with van der Waals surface area (Å²) < 4.78 is 7.83. The Bertz CT molecular complexity index is 805. The number of halogens is 1. The molecule has 1 heterocycles. The summed E-state index contributed by atoms with van der Waals surface area (Å²) in [6, 6.07) is 5.89. The lowest BCUT2D eigenvalue weighted by molar-refractivity contribution is -0.123. The molecule has 0 bridgehead atoms. The van der Waals surface area contributed by atoms with E-state index in [1.165, 1.54) is 25.7 Å². The van der Waals surface area contributed by atoms with Crippen LogP contribution in [0.4, 0.5) is 0 Å². The highest BCUT2D eigenvalue weighted by Gasteiger charge is 2.23. The highest BCUT2D eigenvalue weighted by molar-refractivity contribution is 7.98. The van der Waals surface area contributed by atoms with Gasteiger partial charge in [0, 0.05) is 24.0 Å². The van der Waals surface area contributed by atoms with Gasteiger partial charge < -0.3 is 14.6 Å². The highest BCUT2D eigenvalue weighted by Crippen LogP contribution is 2.33. The second-order valence-electron chi connectivity index (χ2n) is 7.06. The zero-order valence-corrected chi connectivity index (χ0v) is 18.0. The number of hydrogen-bond acceptors (Lipinski definition) is 5. The maximum Gasteiger partial charge on any atom is 0.257 e. The summed E-state index contributed by atoms with van der Waals surface area (Å²) in [6.45, 7) is 2.49. The van der Waals surface area contributed by atoms with Gasteiger partial charge in [-0.05, 0) is 56.2 Å². The lowest BCUT2D eigenvalue weighted by Gasteiger charge is -2.16. The third kappa shape index (κ3) is 5.41. The summed E-state index contributed by atoms with van der Waals surface area (Å²) in [7, 11) is 0. The third-order valence-electron chi connectivity index (χ3n) is 5.01. The summed E-state index contributed by atoms with van der Waals surface area (Å²) in [6.07, 6.45) is 8.64. The number of aryl methyl sites for hydroxylation is 2. The predicted octanol–water partition coefficient (Wildman–Crippen LogP) is 4.20. The van der Waals surface area contributed by atoms with Crippen LogP contribution < -0.4 is 10.1 Å². The zero-order chi connectivity index (χ0) is 19.9. The minimum Gasteiger partial charge on any atom is -0.484 e. The van der Waals surface area contributed by atoms with E-state index in [0.29, 0.717) is 23.4 Å². The molecule has 1 aromatic heterocycles. The van der Waals surface area contributed by atoms with Crippen molar-refractivity contribution in [1.82, 2.24) is 20.1 Å². The van der Waals surface area contributed by atoms with Crippen molar-refractivity contribution in [2.24, 2.45) is 0 Å². The third-order valence-corrected chi connectivity index (χ3v) is 6.07. The van der Waals surface area contributed by atoms with Gasteiger partial charge in [0.15, 0.2) is 11.8 Å². The Morgan fingerprint density at radius 1 is 1.36 bits per heavy atom. The minimum absolute atomic E-state index is 0.00402. The monoisotopic (exact) mass is 422 g/mol. The molecule has 3 rings (SSSR count). The average Bonchev–Trinajstić information content (AvgIpc) is 3.35. The van der Waals surface area contributed by atoms with Gasteiger partial charge in [-0.1, -0.05) is 36.2 Å². The average molecular weight is 423 g/mol. The van der Waals surface area contributed by atoms with E-state index in [2.05, 4.69) is 20.1 Å². The van der Waals surface area contributed by atoms with Crippen LogP contribution in [0, 0.1) is 6.92 Å². The normalized spacial score (nSPS) is 14.4. The first kappa shape index (κ1) is 21.0. The molecule has 152 valence electrons. The van der Waals surface area contributed by atoms with Crippen molar-refractivity contribution in [3.05, 3.63) is 34.6 Å².